The van der Waals surface area contributed by atoms with E-state index in [2.05, 4.69) is 0 Å². The monoisotopic (exact) mass is 116 g/mol. The number of carbonyl (C=O) groups excluding carboxylic acids is 1. The molecule has 0 spiro atoms. The van der Waals surface area contributed by atoms with E-state index < -0.39 is 5.54 Å². The topological polar surface area (TPSA) is 69.1 Å². The van der Waals surface area contributed by atoms with Gasteiger partial charge in [-0.1, -0.05) is 0 Å². The summed E-state index contributed by atoms with van der Waals surface area (Å²) in [6.07, 6.45) is 1.27. The molecule has 4 N–H and O–H groups in total. The zero-order valence-electron chi connectivity index (χ0n) is 5.05. The number of nitrogens with two attached hydrogens (primary N) is 2. The lowest BCUT2D eigenvalue weighted by Crippen LogP contribution is -2.39. The van der Waals surface area contributed by atoms with Crippen LogP contribution in [0.3, 0.4) is 0 Å². The fraction of sp³-hybridized carbons (Fsp3) is 0.800. The molecule has 0 rings (SSSR count). The number of rotatable bonds is 3. The van der Waals surface area contributed by atoms with Gasteiger partial charge in [0, 0.05) is 0 Å². The van der Waals surface area contributed by atoms with E-state index in [0.717, 1.165) is 6.29 Å². The first kappa shape index (κ1) is 7.59. The van der Waals surface area contributed by atoms with E-state index in [0.29, 0.717) is 13.0 Å². The van der Waals surface area contributed by atoms with Gasteiger partial charge < -0.3 is 16.3 Å². The molecule has 0 aliphatic carbocycles. The number of aldehydes is 1. The zero-order chi connectivity index (χ0) is 6.62. The largest absolute Gasteiger partial charge is 0.330 e. The quantitative estimate of drug-likeness (QED) is 0.477. The molecule has 0 amide bonds. The van der Waals surface area contributed by atoms with Crippen molar-refractivity contribution in [3.63, 3.8) is 0 Å². The fourth-order valence-corrected chi connectivity index (χ4v) is 0.370. The molecule has 0 aliphatic heterocycles. The van der Waals surface area contributed by atoms with Crippen LogP contribution in [0.4, 0.5) is 0 Å². The molecule has 3 nitrogen and oxygen atoms in total. The van der Waals surface area contributed by atoms with Crippen LogP contribution in [0.1, 0.15) is 13.3 Å². The Labute approximate surface area is 49.0 Å². The molecule has 0 aromatic heterocycles. The Bertz CT molecular complexity index is 80.5. The third kappa shape index (κ3) is 2.71. The molecule has 1 unspecified atom stereocenters. The van der Waals surface area contributed by atoms with Gasteiger partial charge in [-0.3, -0.25) is 0 Å². The first-order valence-corrected chi connectivity index (χ1v) is 2.57. The Morgan fingerprint density at radius 2 is 2.25 bits per heavy atom. The molecular formula is C5H12N2O. The highest BCUT2D eigenvalue weighted by Gasteiger charge is 2.14. The average Bonchev–Trinajstić information content (AvgIpc) is 1.67. The van der Waals surface area contributed by atoms with E-state index in [9.17, 15) is 4.79 Å². The molecule has 0 saturated carbocycles. The van der Waals surface area contributed by atoms with Crippen LogP contribution in [0.25, 0.3) is 0 Å². The minimum atomic E-state index is -0.714. The van der Waals surface area contributed by atoms with E-state index in [1.807, 2.05) is 0 Å². The SMILES string of the molecule is CC(N)(C=O)CCN. The van der Waals surface area contributed by atoms with Crippen molar-refractivity contribution in [2.45, 2.75) is 18.9 Å². The molecule has 48 valence electrons. The average molecular weight is 116 g/mol. The standard InChI is InChI=1S/C5H12N2O/c1-5(7,4-8)2-3-6/h4H,2-3,6-7H2,1H3. The first-order chi connectivity index (χ1) is 3.62. The van der Waals surface area contributed by atoms with Crippen LogP contribution in [-0.4, -0.2) is 18.4 Å². The van der Waals surface area contributed by atoms with Crippen molar-refractivity contribution in [3.05, 3.63) is 0 Å². The van der Waals surface area contributed by atoms with Gasteiger partial charge >= 0.3 is 0 Å². The lowest BCUT2D eigenvalue weighted by molar-refractivity contribution is -0.111. The highest BCUT2D eigenvalue weighted by molar-refractivity contribution is 5.62. The molecule has 0 heterocycles. The van der Waals surface area contributed by atoms with Crippen molar-refractivity contribution >= 4 is 6.29 Å². The third-order valence-corrected chi connectivity index (χ3v) is 0.952. The van der Waals surface area contributed by atoms with Crippen molar-refractivity contribution < 1.29 is 4.79 Å². The van der Waals surface area contributed by atoms with Gasteiger partial charge in [0.25, 0.3) is 0 Å². The van der Waals surface area contributed by atoms with Crippen LogP contribution in [0.15, 0.2) is 0 Å². The molecule has 0 aliphatic rings. The molecule has 0 aromatic rings. The van der Waals surface area contributed by atoms with Crippen molar-refractivity contribution in [3.8, 4) is 0 Å². The van der Waals surface area contributed by atoms with Gasteiger partial charge in [-0.2, -0.15) is 0 Å². The molecule has 0 aromatic carbocycles. The van der Waals surface area contributed by atoms with Gasteiger partial charge in [0.2, 0.25) is 0 Å². The molecule has 1 atom stereocenters. The summed E-state index contributed by atoms with van der Waals surface area (Å²) in [6.45, 7) is 2.12. The van der Waals surface area contributed by atoms with Gasteiger partial charge in [-0.25, -0.2) is 0 Å². The minimum absolute atomic E-state index is 0.464. The molecule has 0 radical (unpaired) electrons. The van der Waals surface area contributed by atoms with Gasteiger partial charge in [-0.05, 0) is 19.9 Å². The summed E-state index contributed by atoms with van der Waals surface area (Å²) in [6, 6.07) is 0. The molecule has 0 bridgehead atoms. The van der Waals surface area contributed by atoms with E-state index in [-0.39, 0.29) is 0 Å². The van der Waals surface area contributed by atoms with Crippen LogP contribution in [-0.2, 0) is 4.79 Å². The van der Waals surface area contributed by atoms with Crippen molar-refractivity contribution in [2.24, 2.45) is 11.5 Å². The molecule has 0 fully saturated rings. The number of carbonyl (C=O) groups is 1. The second-order valence-corrected chi connectivity index (χ2v) is 2.16. The van der Waals surface area contributed by atoms with Crippen molar-refractivity contribution in [1.29, 1.82) is 0 Å². The first-order valence-electron chi connectivity index (χ1n) is 2.57. The Kier molecular flexibility index (Phi) is 2.65. The van der Waals surface area contributed by atoms with Gasteiger partial charge in [0.15, 0.2) is 0 Å². The number of hydrogen-bond donors (Lipinski definition) is 2. The second-order valence-electron chi connectivity index (χ2n) is 2.16. The molecule has 3 heteroatoms. The summed E-state index contributed by atoms with van der Waals surface area (Å²) in [5.74, 6) is 0. The Balaban J connectivity index is 3.53. The smallest absolute Gasteiger partial charge is 0.139 e. The minimum Gasteiger partial charge on any atom is -0.330 e. The van der Waals surface area contributed by atoms with Crippen LogP contribution in [0, 0.1) is 0 Å². The Morgan fingerprint density at radius 3 is 2.38 bits per heavy atom. The maximum Gasteiger partial charge on any atom is 0.139 e. The number of hydrogen-bond acceptors (Lipinski definition) is 3. The van der Waals surface area contributed by atoms with Gasteiger partial charge in [0.05, 0.1) is 5.54 Å². The molecule has 8 heavy (non-hydrogen) atoms. The summed E-state index contributed by atoms with van der Waals surface area (Å²) in [7, 11) is 0. The molecular weight excluding hydrogens is 104 g/mol. The lowest BCUT2D eigenvalue weighted by atomic mass is 10.0. The summed E-state index contributed by atoms with van der Waals surface area (Å²) in [5, 5.41) is 0. The van der Waals surface area contributed by atoms with E-state index in [1.54, 1.807) is 6.92 Å². The Hall–Kier alpha value is -0.410. The van der Waals surface area contributed by atoms with Crippen LogP contribution in [0.2, 0.25) is 0 Å². The Morgan fingerprint density at radius 1 is 1.75 bits per heavy atom. The van der Waals surface area contributed by atoms with Crippen LogP contribution in [0.5, 0.6) is 0 Å². The summed E-state index contributed by atoms with van der Waals surface area (Å²) >= 11 is 0. The van der Waals surface area contributed by atoms with Crippen molar-refractivity contribution in [1.82, 2.24) is 0 Å². The summed E-state index contributed by atoms with van der Waals surface area (Å²) in [5.41, 5.74) is 9.82. The van der Waals surface area contributed by atoms with Crippen LogP contribution < -0.4 is 11.5 Å². The fourth-order valence-electron chi connectivity index (χ4n) is 0.370. The predicted molar refractivity (Wildman–Crippen MR) is 32.3 cm³/mol. The van der Waals surface area contributed by atoms with Gasteiger partial charge in [-0.15, -0.1) is 0 Å². The van der Waals surface area contributed by atoms with E-state index >= 15 is 0 Å². The maximum absolute atomic E-state index is 10.0. The summed E-state index contributed by atoms with van der Waals surface area (Å²) < 4.78 is 0. The summed E-state index contributed by atoms with van der Waals surface area (Å²) in [4.78, 5) is 10.0. The van der Waals surface area contributed by atoms with E-state index in [4.69, 9.17) is 11.5 Å². The lowest BCUT2D eigenvalue weighted by Gasteiger charge is -2.13. The third-order valence-electron chi connectivity index (χ3n) is 0.952. The molecule has 0 saturated heterocycles. The van der Waals surface area contributed by atoms with Crippen LogP contribution >= 0.6 is 0 Å². The highest BCUT2D eigenvalue weighted by Crippen LogP contribution is 1.97. The maximum atomic E-state index is 10.0. The van der Waals surface area contributed by atoms with Crippen molar-refractivity contribution in [2.75, 3.05) is 6.54 Å². The van der Waals surface area contributed by atoms with E-state index in [1.165, 1.54) is 0 Å². The zero-order valence-corrected chi connectivity index (χ0v) is 5.05. The normalized spacial score (nSPS) is 17.4. The predicted octanol–water partition coefficient (Wildman–Crippen LogP) is -0.748. The second kappa shape index (κ2) is 2.79. The van der Waals surface area contributed by atoms with Gasteiger partial charge in [0.1, 0.15) is 6.29 Å². The highest BCUT2D eigenvalue weighted by atomic mass is 16.1.